The van der Waals surface area contributed by atoms with Crippen LogP contribution in [0.25, 0.3) is 0 Å². The number of allylic oxidation sites excluding steroid dienone is 1. The van der Waals surface area contributed by atoms with Gasteiger partial charge in [-0.3, -0.25) is 0 Å². The third-order valence-corrected chi connectivity index (χ3v) is 2.83. The highest BCUT2D eigenvalue weighted by Gasteiger charge is 2.10. The van der Waals surface area contributed by atoms with Crippen LogP contribution < -0.4 is 0 Å². The Morgan fingerprint density at radius 1 is 1.00 bits per heavy atom. The third-order valence-electron chi connectivity index (χ3n) is 2.83. The Labute approximate surface area is 109 Å². The van der Waals surface area contributed by atoms with Crippen LogP contribution in [0.2, 0.25) is 0 Å². The van der Waals surface area contributed by atoms with Crippen molar-refractivity contribution in [2.45, 2.75) is 31.8 Å². The second-order valence-corrected chi connectivity index (χ2v) is 4.24. The first-order valence-corrected chi connectivity index (χ1v) is 6.28. The van der Waals surface area contributed by atoms with Crippen LogP contribution in [0.15, 0.2) is 42.0 Å². The van der Waals surface area contributed by atoms with Gasteiger partial charge in [-0.1, -0.05) is 54.0 Å². The minimum absolute atomic E-state index is 0.674. The lowest BCUT2D eigenvalue weighted by Crippen LogP contribution is -2.00. The predicted molar refractivity (Wildman–Crippen MR) is 73.5 cm³/mol. The van der Waals surface area contributed by atoms with Gasteiger partial charge in [0.1, 0.15) is 6.10 Å². The molecule has 1 atom stereocenters. The fourth-order valence-corrected chi connectivity index (χ4v) is 1.79. The zero-order valence-corrected chi connectivity index (χ0v) is 10.3. The molecule has 1 aromatic carbocycles. The van der Waals surface area contributed by atoms with Gasteiger partial charge in [0, 0.05) is 24.5 Å². The number of benzene rings is 1. The average Bonchev–Trinajstić information content (AvgIpc) is 2.45. The van der Waals surface area contributed by atoms with E-state index in [0.29, 0.717) is 5.57 Å². The van der Waals surface area contributed by atoms with Crippen LogP contribution in [0.1, 0.15) is 37.4 Å². The summed E-state index contributed by atoms with van der Waals surface area (Å²) in [4.78, 5) is 0. The van der Waals surface area contributed by atoms with E-state index < -0.39 is 6.10 Å². The normalized spacial score (nSPS) is 19.3. The SMILES string of the molecule is OC(/C1=C/C#CCCCCC#C1)c1ccccc1. The summed E-state index contributed by atoms with van der Waals surface area (Å²) < 4.78 is 0. The van der Waals surface area contributed by atoms with Gasteiger partial charge in [0.05, 0.1) is 0 Å². The first-order chi connectivity index (χ1) is 8.88. The largest absolute Gasteiger partial charge is 0.383 e. The topological polar surface area (TPSA) is 20.2 Å². The first-order valence-electron chi connectivity index (χ1n) is 6.28. The summed E-state index contributed by atoms with van der Waals surface area (Å²) in [6.45, 7) is 0. The van der Waals surface area contributed by atoms with Crippen LogP contribution in [0.3, 0.4) is 0 Å². The Morgan fingerprint density at radius 2 is 1.72 bits per heavy atom. The van der Waals surface area contributed by atoms with Gasteiger partial charge in [-0.15, -0.1) is 0 Å². The second kappa shape index (κ2) is 6.70. The van der Waals surface area contributed by atoms with Crippen LogP contribution in [0.4, 0.5) is 0 Å². The van der Waals surface area contributed by atoms with E-state index in [1.165, 1.54) is 0 Å². The molecule has 1 aliphatic carbocycles. The zero-order chi connectivity index (χ0) is 12.6. The van der Waals surface area contributed by atoms with Gasteiger partial charge in [-0.05, 0) is 18.4 Å². The maximum absolute atomic E-state index is 10.3. The Bertz CT molecular complexity index is 532. The second-order valence-electron chi connectivity index (χ2n) is 4.24. The molecule has 0 spiro atoms. The number of rotatable bonds is 2. The lowest BCUT2D eigenvalue weighted by molar-refractivity contribution is 0.221. The quantitative estimate of drug-likeness (QED) is 0.782. The zero-order valence-electron chi connectivity index (χ0n) is 10.3. The highest BCUT2D eigenvalue weighted by molar-refractivity contribution is 5.41. The standard InChI is InChI=1S/C17H16O/c18-17(16-13-9-6-10-14-16)15-11-7-4-2-1-3-5-8-12-15/h6,9-10,12-14,17-18H,1-4H2/b15-12+. The van der Waals surface area contributed by atoms with Gasteiger partial charge in [0.25, 0.3) is 0 Å². The van der Waals surface area contributed by atoms with Gasteiger partial charge in [0.2, 0.25) is 0 Å². The summed E-state index contributed by atoms with van der Waals surface area (Å²) in [7, 11) is 0. The number of hydrogen-bond donors (Lipinski definition) is 1. The molecule has 0 fully saturated rings. The molecule has 0 saturated heterocycles. The van der Waals surface area contributed by atoms with E-state index in [9.17, 15) is 5.11 Å². The molecular weight excluding hydrogens is 220 g/mol. The Kier molecular flexibility index (Phi) is 4.65. The van der Waals surface area contributed by atoms with Crippen molar-refractivity contribution in [3.8, 4) is 23.7 Å². The molecule has 1 nitrogen and oxygen atoms in total. The average molecular weight is 236 g/mol. The minimum Gasteiger partial charge on any atom is -0.383 e. The molecule has 1 aromatic rings. The van der Waals surface area contributed by atoms with Crippen molar-refractivity contribution in [1.29, 1.82) is 0 Å². The summed E-state index contributed by atoms with van der Waals surface area (Å²) in [5.41, 5.74) is 1.55. The molecule has 0 saturated carbocycles. The van der Waals surface area contributed by atoms with Crippen molar-refractivity contribution in [3.05, 3.63) is 47.5 Å². The molecule has 1 heteroatoms. The lowest BCUT2D eigenvalue weighted by atomic mass is 10.0. The Balaban J connectivity index is 2.25. The Morgan fingerprint density at radius 3 is 2.50 bits per heavy atom. The van der Waals surface area contributed by atoms with Crippen molar-refractivity contribution in [2.24, 2.45) is 0 Å². The van der Waals surface area contributed by atoms with E-state index in [0.717, 1.165) is 31.2 Å². The molecule has 0 bridgehead atoms. The molecule has 90 valence electrons. The molecule has 1 aliphatic rings. The summed E-state index contributed by atoms with van der Waals surface area (Å²) >= 11 is 0. The summed E-state index contributed by atoms with van der Waals surface area (Å²) in [5.74, 6) is 12.2. The van der Waals surface area contributed by atoms with E-state index >= 15 is 0 Å². The predicted octanol–water partition coefficient (Wildman–Crippen LogP) is 3.23. The van der Waals surface area contributed by atoms with Gasteiger partial charge < -0.3 is 5.11 Å². The fraction of sp³-hybridized carbons (Fsp3) is 0.294. The van der Waals surface area contributed by atoms with Gasteiger partial charge >= 0.3 is 0 Å². The van der Waals surface area contributed by atoms with E-state index in [1.807, 2.05) is 30.3 Å². The minimum atomic E-state index is -0.674. The van der Waals surface area contributed by atoms with Crippen molar-refractivity contribution in [3.63, 3.8) is 0 Å². The van der Waals surface area contributed by atoms with Crippen molar-refractivity contribution in [1.82, 2.24) is 0 Å². The molecule has 1 N–H and O–H groups in total. The van der Waals surface area contributed by atoms with Crippen LogP contribution in [-0.4, -0.2) is 5.11 Å². The van der Waals surface area contributed by atoms with Gasteiger partial charge in [-0.25, -0.2) is 0 Å². The molecule has 18 heavy (non-hydrogen) atoms. The van der Waals surface area contributed by atoms with Crippen molar-refractivity contribution < 1.29 is 5.11 Å². The number of aliphatic hydroxyl groups excluding tert-OH is 1. The monoisotopic (exact) mass is 236 g/mol. The number of hydrogen-bond acceptors (Lipinski definition) is 1. The molecule has 0 amide bonds. The summed E-state index contributed by atoms with van der Waals surface area (Å²) in [5, 5.41) is 10.3. The molecule has 0 aliphatic heterocycles. The van der Waals surface area contributed by atoms with Crippen LogP contribution in [-0.2, 0) is 0 Å². The smallest absolute Gasteiger partial charge is 0.112 e. The van der Waals surface area contributed by atoms with E-state index in [-0.39, 0.29) is 0 Å². The molecule has 2 rings (SSSR count). The van der Waals surface area contributed by atoms with E-state index in [2.05, 4.69) is 23.7 Å². The molecule has 0 heterocycles. The highest BCUT2D eigenvalue weighted by atomic mass is 16.3. The highest BCUT2D eigenvalue weighted by Crippen LogP contribution is 2.20. The number of aliphatic hydroxyl groups is 1. The lowest BCUT2D eigenvalue weighted by Gasteiger charge is -2.09. The molecule has 1 unspecified atom stereocenters. The molecular formula is C17H16O. The maximum Gasteiger partial charge on any atom is 0.112 e. The molecule has 0 radical (unpaired) electrons. The van der Waals surface area contributed by atoms with Crippen LogP contribution in [0.5, 0.6) is 0 Å². The maximum atomic E-state index is 10.3. The van der Waals surface area contributed by atoms with Crippen LogP contribution >= 0.6 is 0 Å². The van der Waals surface area contributed by atoms with Crippen molar-refractivity contribution in [2.75, 3.05) is 0 Å². The summed E-state index contributed by atoms with van der Waals surface area (Å²) in [6, 6.07) is 9.57. The van der Waals surface area contributed by atoms with E-state index in [1.54, 1.807) is 6.08 Å². The van der Waals surface area contributed by atoms with Gasteiger partial charge in [0.15, 0.2) is 0 Å². The van der Waals surface area contributed by atoms with E-state index in [4.69, 9.17) is 0 Å². The van der Waals surface area contributed by atoms with Gasteiger partial charge in [-0.2, -0.15) is 0 Å². The molecule has 0 aromatic heterocycles. The van der Waals surface area contributed by atoms with Crippen LogP contribution in [0, 0.1) is 23.7 Å². The summed E-state index contributed by atoms with van der Waals surface area (Å²) in [6.07, 6.45) is 5.04. The third kappa shape index (κ3) is 3.52. The Hall–Kier alpha value is -1.96. The van der Waals surface area contributed by atoms with Crippen molar-refractivity contribution >= 4 is 0 Å². The fourth-order valence-electron chi connectivity index (χ4n) is 1.79. The first kappa shape index (κ1) is 12.5.